The van der Waals surface area contributed by atoms with Gasteiger partial charge in [-0.15, -0.1) is 0 Å². The van der Waals surface area contributed by atoms with Gasteiger partial charge in [-0.05, 0) is 32.9 Å². The predicted molar refractivity (Wildman–Crippen MR) is 78.2 cm³/mol. The van der Waals surface area contributed by atoms with Gasteiger partial charge in [0, 0.05) is 17.6 Å². The Morgan fingerprint density at radius 1 is 1.29 bits per heavy atom. The molecule has 0 radical (unpaired) electrons. The van der Waals surface area contributed by atoms with E-state index < -0.39 is 0 Å². The number of thiocarbonyl (C=S) groups is 1. The fourth-order valence-electron chi connectivity index (χ4n) is 1.53. The molecule has 0 fully saturated rings. The fourth-order valence-corrected chi connectivity index (χ4v) is 1.67. The molecule has 0 aliphatic carbocycles. The van der Waals surface area contributed by atoms with Crippen LogP contribution < -0.4 is 5.73 Å². The van der Waals surface area contributed by atoms with Crippen LogP contribution in [0, 0.1) is 0 Å². The standard InChI is InChI=1S/C14H22N2S/c1-5-14(2,3)16(4)10-11-6-8-12(9-7-11)13(15)17/h6-9H,5,10H2,1-4H3,(H2,15,17). The highest BCUT2D eigenvalue weighted by Gasteiger charge is 2.20. The topological polar surface area (TPSA) is 29.3 Å². The van der Waals surface area contributed by atoms with Gasteiger partial charge in [0.05, 0.1) is 0 Å². The molecule has 2 N–H and O–H groups in total. The number of nitrogens with two attached hydrogens (primary N) is 1. The molecule has 0 spiro atoms. The van der Waals surface area contributed by atoms with E-state index in [1.54, 1.807) is 0 Å². The lowest BCUT2D eigenvalue weighted by Crippen LogP contribution is -2.39. The number of benzene rings is 1. The summed E-state index contributed by atoms with van der Waals surface area (Å²) in [4.78, 5) is 2.82. The van der Waals surface area contributed by atoms with Crippen LogP contribution in [0.3, 0.4) is 0 Å². The third-order valence-electron chi connectivity index (χ3n) is 3.56. The highest BCUT2D eigenvalue weighted by Crippen LogP contribution is 2.19. The Balaban J connectivity index is 2.73. The molecule has 0 heterocycles. The highest BCUT2D eigenvalue weighted by molar-refractivity contribution is 7.80. The molecule has 0 aliphatic rings. The molecular formula is C14H22N2S. The maximum Gasteiger partial charge on any atom is 0.103 e. The van der Waals surface area contributed by atoms with E-state index in [1.807, 2.05) is 12.1 Å². The first-order valence-corrected chi connectivity index (χ1v) is 6.37. The summed E-state index contributed by atoms with van der Waals surface area (Å²) in [6.07, 6.45) is 1.13. The van der Waals surface area contributed by atoms with E-state index in [1.165, 1.54) is 5.56 Å². The minimum Gasteiger partial charge on any atom is -0.389 e. The summed E-state index contributed by atoms with van der Waals surface area (Å²) >= 11 is 4.94. The number of hydrogen-bond donors (Lipinski definition) is 1. The maximum atomic E-state index is 5.58. The SMILES string of the molecule is CCC(C)(C)N(C)Cc1ccc(C(N)=S)cc1. The molecule has 1 aromatic rings. The lowest BCUT2D eigenvalue weighted by atomic mass is 9.99. The van der Waals surface area contributed by atoms with Crippen molar-refractivity contribution in [1.29, 1.82) is 0 Å². The van der Waals surface area contributed by atoms with Crippen LogP contribution in [0.1, 0.15) is 38.3 Å². The second kappa shape index (κ2) is 5.61. The van der Waals surface area contributed by atoms with Crippen molar-refractivity contribution in [2.24, 2.45) is 5.73 Å². The Labute approximate surface area is 110 Å². The smallest absolute Gasteiger partial charge is 0.103 e. The molecule has 1 rings (SSSR count). The summed E-state index contributed by atoms with van der Waals surface area (Å²) in [5.74, 6) is 0. The van der Waals surface area contributed by atoms with Gasteiger partial charge in [0.15, 0.2) is 0 Å². The van der Waals surface area contributed by atoms with Crippen LogP contribution in [-0.4, -0.2) is 22.5 Å². The van der Waals surface area contributed by atoms with Gasteiger partial charge < -0.3 is 5.73 Å². The Kier molecular flexibility index (Phi) is 4.66. The van der Waals surface area contributed by atoms with E-state index in [0.29, 0.717) is 4.99 Å². The van der Waals surface area contributed by atoms with Crippen molar-refractivity contribution in [2.75, 3.05) is 7.05 Å². The molecule has 94 valence electrons. The van der Waals surface area contributed by atoms with E-state index in [0.717, 1.165) is 18.5 Å². The average Bonchev–Trinajstić information content (AvgIpc) is 2.29. The molecule has 0 bridgehead atoms. The Morgan fingerprint density at radius 3 is 2.24 bits per heavy atom. The van der Waals surface area contributed by atoms with E-state index in [9.17, 15) is 0 Å². The molecule has 0 saturated carbocycles. The van der Waals surface area contributed by atoms with Crippen LogP contribution in [0.4, 0.5) is 0 Å². The third kappa shape index (κ3) is 3.79. The van der Waals surface area contributed by atoms with Crippen LogP contribution in [0.2, 0.25) is 0 Å². The van der Waals surface area contributed by atoms with Gasteiger partial charge in [0.25, 0.3) is 0 Å². The summed E-state index contributed by atoms with van der Waals surface area (Å²) in [5.41, 5.74) is 8.02. The maximum absolute atomic E-state index is 5.58. The predicted octanol–water partition coefficient (Wildman–Crippen LogP) is 2.94. The van der Waals surface area contributed by atoms with Gasteiger partial charge in [-0.2, -0.15) is 0 Å². The first-order chi connectivity index (χ1) is 7.86. The third-order valence-corrected chi connectivity index (χ3v) is 3.79. The first kappa shape index (κ1) is 14.1. The molecule has 2 nitrogen and oxygen atoms in total. The lowest BCUT2D eigenvalue weighted by Gasteiger charge is -2.34. The number of rotatable bonds is 5. The average molecular weight is 250 g/mol. The minimum atomic E-state index is 0.224. The normalized spacial score (nSPS) is 11.8. The first-order valence-electron chi connectivity index (χ1n) is 5.97. The van der Waals surface area contributed by atoms with E-state index in [2.05, 4.69) is 44.9 Å². The molecule has 0 aromatic heterocycles. The Hall–Kier alpha value is -0.930. The summed E-state index contributed by atoms with van der Waals surface area (Å²) in [7, 11) is 2.16. The van der Waals surface area contributed by atoms with Crippen LogP contribution >= 0.6 is 12.2 Å². The van der Waals surface area contributed by atoms with Gasteiger partial charge in [0.2, 0.25) is 0 Å². The van der Waals surface area contributed by atoms with E-state index in [-0.39, 0.29) is 5.54 Å². The summed E-state index contributed by atoms with van der Waals surface area (Å²) in [6.45, 7) is 7.68. The highest BCUT2D eigenvalue weighted by atomic mass is 32.1. The van der Waals surface area contributed by atoms with Crippen molar-refractivity contribution in [3.8, 4) is 0 Å². The van der Waals surface area contributed by atoms with Crippen molar-refractivity contribution >= 4 is 17.2 Å². The van der Waals surface area contributed by atoms with Gasteiger partial charge in [0.1, 0.15) is 4.99 Å². The zero-order chi connectivity index (χ0) is 13.1. The molecule has 0 saturated heterocycles. The van der Waals surface area contributed by atoms with Gasteiger partial charge in [-0.3, -0.25) is 4.90 Å². The Morgan fingerprint density at radius 2 is 1.82 bits per heavy atom. The van der Waals surface area contributed by atoms with Crippen LogP contribution in [0.25, 0.3) is 0 Å². The van der Waals surface area contributed by atoms with Gasteiger partial charge in [-0.1, -0.05) is 43.4 Å². The molecular weight excluding hydrogens is 228 g/mol. The second-order valence-corrected chi connectivity index (χ2v) is 5.52. The van der Waals surface area contributed by atoms with E-state index in [4.69, 9.17) is 18.0 Å². The molecule has 1 aromatic carbocycles. The summed E-state index contributed by atoms with van der Waals surface area (Å²) in [6, 6.07) is 8.17. The fraction of sp³-hybridized carbons (Fsp3) is 0.500. The number of nitrogens with zero attached hydrogens (tertiary/aromatic N) is 1. The lowest BCUT2D eigenvalue weighted by molar-refractivity contribution is 0.143. The van der Waals surface area contributed by atoms with Crippen LogP contribution in [0.15, 0.2) is 24.3 Å². The second-order valence-electron chi connectivity index (χ2n) is 5.08. The van der Waals surface area contributed by atoms with Crippen molar-refractivity contribution < 1.29 is 0 Å². The van der Waals surface area contributed by atoms with Crippen molar-refractivity contribution in [1.82, 2.24) is 4.90 Å². The quantitative estimate of drug-likeness (QED) is 0.815. The van der Waals surface area contributed by atoms with E-state index >= 15 is 0 Å². The molecule has 0 unspecified atom stereocenters. The monoisotopic (exact) mass is 250 g/mol. The molecule has 0 aliphatic heterocycles. The Bertz CT molecular complexity index is 382. The zero-order valence-electron chi connectivity index (χ0n) is 11.2. The van der Waals surface area contributed by atoms with Crippen LogP contribution in [0.5, 0.6) is 0 Å². The minimum absolute atomic E-state index is 0.224. The molecule has 0 atom stereocenters. The van der Waals surface area contributed by atoms with Crippen molar-refractivity contribution in [2.45, 2.75) is 39.3 Å². The molecule has 0 amide bonds. The van der Waals surface area contributed by atoms with Crippen molar-refractivity contribution in [3.05, 3.63) is 35.4 Å². The zero-order valence-corrected chi connectivity index (χ0v) is 12.0. The van der Waals surface area contributed by atoms with Crippen LogP contribution in [-0.2, 0) is 6.54 Å². The summed E-state index contributed by atoms with van der Waals surface area (Å²) in [5, 5.41) is 0. The molecule has 3 heteroatoms. The van der Waals surface area contributed by atoms with Crippen molar-refractivity contribution in [3.63, 3.8) is 0 Å². The van der Waals surface area contributed by atoms with Gasteiger partial charge >= 0.3 is 0 Å². The summed E-state index contributed by atoms with van der Waals surface area (Å²) < 4.78 is 0. The largest absolute Gasteiger partial charge is 0.389 e. The van der Waals surface area contributed by atoms with Gasteiger partial charge in [-0.25, -0.2) is 0 Å². The molecule has 17 heavy (non-hydrogen) atoms. The number of hydrogen-bond acceptors (Lipinski definition) is 2.